The molecule has 2 aromatic heterocycles. The molecule has 3 N–H and O–H groups in total. The van der Waals surface area contributed by atoms with Gasteiger partial charge in [-0.1, -0.05) is 18.2 Å². The Morgan fingerprint density at radius 3 is 2.95 bits per heavy atom. The van der Waals surface area contributed by atoms with Gasteiger partial charge in [0.05, 0.1) is 6.42 Å². The molecule has 0 unspecified atom stereocenters. The van der Waals surface area contributed by atoms with E-state index in [0.717, 1.165) is 17.6 Å². The Bertz CT molecular complexity index is 743. The van der Waals surface area contributed by atoms with Crippen LogP contribution in [0.2, 0.25) is 0 Å². The van der Waals surface area contributed by atoms with Gasteiger partial charge in [-0.2, -0.15) is 5.10 Å². The summed E-state index contributed by atoms with van der Waals surface area (Å²) in [4.78, 5) is 15.2. The number of hydrogen-bond donors (Lipinski definition) is 3. The molecular formula is C16H18N4O. The van der Waals surface area contributed by atoms with Gasteiger partial charge in [0.1, 0.15) is 0 Å². The van der Waals surface area contributed by atoms with Gasteiger partial charge in [-0.25, -0.2) is 0 Å². The monoisotopic (exact) mass is 282 g/mol. The highest BCUT2D eigenvalue weighted by molar-refractivity contribution is 5.84. The van der Waals surface area contributed by atoms with E-state index in [-0.39, 0.29) is 5.91 Å². The lowest BCUT2D eigenvalue weighted by Gasteiger charge is -2.05. The normalized spacial score (nSPS) is 10.9. The Kier molecular flexibility index (Phi) is 3.73. The Morgan fingerprint density at radius 1 is 1.29 bits per heavy atom. The third-order valence-electron chi connectivity index (χ3n) is 3.63. The van der Waals surface area contributed by atoms with Crippen molar-refractivity contribution in [2.24, 2.45) is 0 Å². The second-order valence-corrected chi connectivity index (χ2v) is 5.13. The molecule has 3 rings (SSSR count). The Hall–Kier alpha value is -2.56. The summed E-state index contributed by atoms with van der Waals surface area (Å²) in [6.45, 7) is 2.71. The molecule has 108 valence electrons. The van der Waals surface area contributed by atoms with Crippen LogP contribution >= 0.6 is 0 Å². The van der Waals surface area contributed by atoms with E-state index in [4.69, 9.17) is 0 Å². The molecule has 0 saturated carbocycles. The van der Waals surface area contributed by atoms with Crippen molar-refractivity contribution < 1.29 is 4.79 Å². The number of nitrogens with zero attached hydrogens (tertiary/aromatic N) is 1. The Morgan fingerprint density at radius 2 is 2.14 bits per heavy atom. The van der Waals surface area contributed by atoms with Crippen LogP contribution in [0.4, 0.5) is 0 Å². The maximum atomic E-state index is 11.8. The Labute approximate surface area is 122 Å². The molecule has 0 atom stereocenters. The number of aryl methyl sites for hydroxylation is 1. The van der Waals surface area contributed by atoms with Crippen molar-refractivity contribution in [3.05, 3.63) is 53.5 Å². The summed E-state index contributed by atoms with van der Waals surface area (Å²) in [6.07, 6.45) is 2.81. The fraction of sp³-hybridized carbons (Fsp3) is 0.250. The maximum absolute atomic E-state index is 11.8. The zero-order chi connectivity index (χ0) is 14.7. The summed E-state index contributed by atoms with van der Waals surface area (Å²) < 4.78 is 0. The van der Waals surface area contributed by atoms with E-state index < -0.39 is 0 Å². The molecule has 0 radical (unpaired) electrons. The molecule has 3 aromatic rings. The molecular weight excluding hydrogens is 264 g/mol. The molecule has 0 aliphatic rings. The molecule has 1 amide bonds. The van der Waals surface area contributed by atoms with E-state index >= 15 is 0 Å². The summed E-state index contributed by atoms with van der Waals surface area (Å²) in [5, 5.41) is 10.8. The van der Waals surface area contributed by atoms with Gasteiger partial charge in [-0.15, -0.1) is 0 Å². The van der Waals surface area contributed by atoms with Crippen LogP contribution in [0.3, 0.4) is 0 Å². The van der Waals surface area contributed by atoms with Gasteiger partial charge in [0.25, 0.3) is 0 Å². The predicted molar refractivity (Wildman–Crippen MR) is 82.0 cm³/mol. The number of benzene rings is 1. The van der Waals surface area contributed by atoms with Crippen molar-refractivity contribution in [2.45, 2.75) is 19.8 Å². The first kappa shape index (κ1) is 13.4. The molecule has 0 fully saturated rings. The summed E-state index contributed by atoms with van der Waals surface area (Å²) in [5.41, 5.74) is 4.41. The molecule has 0 spiro atoms. The maximum Gasteiger partial charge on any atom is 0.226 e. The summed E-state index contributed by atoms with van der Waals surface area (Å²) in [5.74, 6) is 0.0109. The molecule has 21 heavy (non-hydrogen) atoms. The van der Waals surface area contributed by atoms with Crippen LogP contribution in [-0.2, 0) is 17.6 Å². The van der Waals surface area contributed by atoms with Crippen LogP contribution < -0.4 is 5.32 Å². The second kappa shape index (κ2) is 5.83. The number of aromatic amines is 2. The van der Waals surface area contributed by atoms with Gasteiger partial charge < -0.3 is 10.3 Å². The summed E-state index contributed by atoms with van der Waals surface area (Å²) in [6, 6.07) is 10.1. The van der Waals surface area contributed by atoms with Gasteiger partial charge in [0, 0.05) is 35.0 Å². The van der Waals surface area contributed by atoms with Gasteiger partial charge in [0.15, 0.2) is 0 Å². The third-order valence-corrected chi connectivity index (χ3v) is 3.63. The number of hydrogen-bond acceptors (Lipinski definition) is 2. The second-order valence-electron chi connectivity index (χ2n) is 5.13. The fourth-order valence-electron chi connectivity index (χ4n) is 2.60. The number of para-hydroxylation sites is 1. The number of amides is 1. The van der Waals surface area contributed by atoms with E-state index in [9.17, 15) is 4.79 Å². The highest BCUT2D eigenvalue weighted by atomic mass is 16.1. The first-order valence-corrected chi connectivity index (χ1v) is 7.05. The van der Waals surface area contributed by atoms with Crippen LogP contribution in [0.1, 0.15) is 17.0 Å². The first-order chi connectivity index (χ1) is 10.2. The number of H-pyrrole nitrogens is 2. The highest BCUT2D eigenvalue weighted by Gasteiger charge is 2.09. The average Bonchev–Trinajstić information content (AvgIpc) is 3.07. The highest BCUT2D eigenvalue weighted by Crippen LogP contribution is 2.21. The smallest absolute Gasteiger partial charge is 0.226 e. The molecule has 2 heterocycles. The SMILES string of the molecule is Cc1[nH]c2ccccc2c1CCNC(=O)Cc1ccn[nH]1. The van der Waals surface area contributed by atoms with Crippen LogP contribution in [0.25, 0.3) is 10.9 Å². The van der Waals surface area contributed by atoms with E-state index in [1.165, 1.54) is 16.6 Å². The molecule has 5 nitrogen and oxygen atoms in total. The number of nitrogens with one attached hydrogen (secondary N) is 3. The van der Waals surface area contributed by atoms with Gasteiger partial charge >= 0.3 is 0 Å². The minimum atomic E-state index is 0.0109. The topological polar surface area (TPSA) is 73.6 Å². The average molecular weight is 282 g/mol. The zero-order valence-corrected chi connectivity index (χ0v) is 11.9. The van der Waals surface area contributed by atoms with E-state index in [1.807, 2.05) is 18.2 Å². The van der Waals surface area contributed by atoms with Crippen molar-refractivity contribution in [3.63, 3.8) is 0 Å². The van der Waals surface area contributed by atoms with Crippen molar-refractivity contribution in [2.75, 3.05) is 6.54 Å². The summed E-state index contributed by atoms with van der Waals surface area (Å²) in [7, 11) is 0. The van der Waals surface area contributed by atoms with E-state index in [1.54, 1.807) is 6.20 Å². The van der Waals surface area contributed by atoms with Crippen LogP contribution in [0.5, 0.6) is 0 Å². The number of fused-ring (bicyclic) bond motifs is 1. The van der Waals surface area contributed by atoms with E-state index in [2.05, 4.69) is 39.6 Å². The van der Waals surface area contributed by atoms with Gasteiger partial charge in [-0.05, 0) is 31.0 Å². The fourth-order valence-corrected chi connectivity index (χ4v) is 2.60. The van der Waals surface area contributed by atoms with E-state index in [0.29, 0.717) is 13.0 Å². The van der Waals surface area contributed by atoms with Crippen LogP contribution in [-0.4, -0.2) is 27.6 Å². The zero-order valence-electron chi connectivity index (χ0n) is 11.9. The molecule has 0 aliphatic carbocycles. The number of carbonyl (C=O) groups is 1. The largest absolute Gasteiger partial charge is 0.358 e. The lowest BCUT2D eigenvalue weighted by atomic mass is 10.1. The first-order valence-electron chi connectivity index (χ1n) is 7.05. The molecule has 0 saturated heterocycles. The molecule has 5 heteroatoms. The van der Waals surface area contributed by atoms with Crippen molar-refractivity contribution in [1.82, 2.24) is 20.5 Å². The predicted octanol–water partition coefficient (Wildman–Crippen LogP) is 2.10. The minimum Gasteiger partial charge on any atom is -0.358 e. The van der Waals surface area contributed by atoms with Crippen molar-refractivity contribution >= 4 is 16.8 Å². The third kappa shape index (κ3) is 2.97. The number of aromatic nitrogens is 3. The number of rotatable bonds is 5. The lowest BCUT2D eigenvalue weighted by molar-refractivity contribution is -0.120. The lowest BCUT2D eigenvalue weighted by Crippen LogP contribution is -2.27. The Balaban J connectivity index is 1.59. The van der Waals surface area contributed by atoms with Crippen molar-refractivity contribution in [3.8, 4) is 0 Å². The molecule has 0 aliphatic heterocycles. The van der Waals surface area contributed by atoms with Gasteiger partial charge in [0.2, 0.25) is 5.91 Å². The molecule has 1 aromatic carbocycles. The van der Waals surface area contributed by atoms with Gasteiger partial charge in [-0.3, -0.25) is 9.89 Å². The van der Waals surface area contributed by atoms with Crippen LogP contribution in [0.15, 0.2) is 36.5 Å². The standard InChI is InChI=1S/C16H18N4O/c1-11-13(14-4-2-3-5-15(14)19-11)7-8-17-16(21)10-12-6-9-18-20-12/h2-6,9,19H,7-8,10H2,1H3,(H,17,21)(H,18,20). The quantitative estimate of drug-likeness (QED) is 0.670. The number of carbonyl (C=O) groups excluding carboxylic acids is 1. The minimum absolute atomic E-state index is 0.0109. The summed E-state index contributed by atoms with van der Waals surface area (Å²) >= 11 is 0. The van der Waals surface area contributed by atoms with Crippen LogP contribution in [0, 0.1) is 6.92 Å². The van der Waals surface area contributed by atoms with Crippen molar-refractivity contribution in [1.29, 1.82) is 0 Å². The molecule has 0 bridgehead atoms.